The zero-order chi connectivity index (χ0) is 13.8. The van der Waals surface area contributed by atoms with E-state index in [1.54, 1.807) is 24.3 Å². The van der Waals surface area contributed by atoms with Crippen molar-refractivity contribution in [1.29, 1.82) is 0 Å². The molecule has 0 fully saturated rings. The zero-order valence-corrected chi connectivity index (χ0v) is 10.5. The van der Waals surface area contributed by atoms with Crippen molar-refractivity contribution in [2.75, 3.05) is 5.32 Å². The number of hydrogen-bond acceptors (Lipinski definition) is 2. The van der Waals surface area contributed by atoms with Gasteiger partial charge in [0.2, 0.25) is 5.91 Å². The third-order valence-electron chi connectivity index (χ3n) is 2.70. The molecule has 0 spiro atoms. The minimum atomic E-state index is -0.454. The number of nitrogens with one attached hydrogen (secondary N) is 1. The van der Waals surface area contributed by atoms with Crippen molar-refractivity contribution < 1.29 is 14.3 Å². The van der Waals surface area contributed by atoms with Gasteiger partial charge in [-0.05, 0) is 42.3 Å². The fourth-order valence-electron chi connectivity index (χ4n) is 1.73. The van der Waals surface area contributed by atoms with Crippen LogP contribution in [0.3, 0.4) is 0 Å². The van der Waals surface area contributed by atoms with Gasteiger partial charge >= 0.3 is 0 Å². The second-order valence-corrected chi connectivity index (χ2v) is 4.37. The van der Waals surface area contributed by atoms with Crippen LogP contribution in [0, 0.1) is 12.7 Å². The fourth-order valence-corrected chi connectivity index (χ4v) is 1.73. The van der Waals surface area contributed by atoms with E-state index in [1.165, 1.54) is 18.2 Å². The van der Waals surface area contributed by atoms with Crippen molar-refractivity contribution in [1.82, 2.24) is 0 Å². The number of phenols is 1. The van der Waals surface area contributed by atoms with Gasteiger partial charge in [-0.2, -0.15) is 0 Å². The van der Waals surface area contributed by atoms with Gasteiger partial charge in [0.15, 0.2) is 0 Å². The summed E-state index contributed by atoms with van der Waals surface area (Å²) < 4.78 is 13.5. The quantitative estimate of drug-likeness (QED) is 0.890. The van der Waals surface area contributed by atoms with E-state index in [-0.39, 0.29) is 23.8 Å². The van der Waals surface area contributed by atoms with Crippen molar-refractivity contribution in [3.05, 3.63) is 59.4 Å². The van der Waals surface area contributed by atoms with Gasteiger partial charge in [0.05, 0.1) is 12.1 Å². The number of aryl methyl sites for hydroxylation is 1. The summed E-state index contributed by atoms with van der Waals surface area (Å²) in [4.78, 5) is 11.8. The lowest BCUT2D eigenvalue weighted by Gasteiger charge is -2.07. The lowest BCUT2D eigenvalue weighted by molar-refractivity contribution is -0.115. The molecule has 0 atom stereocenters. The average Bonchev–Trinajstić information content (AvgIpc) is 2.37. The van der Waals surface area contributed by atoms with E-state index in [1.807, 2.05) is 6.92 Å². The van der Waals surface area contributed by atoms with Gasteiger partial charge in [-0.1, -0.05) is 18.2 Å². The zero-order valence-electron chi connectivity index (χ0n) is 10.5. The van der Waals surface area contributed by atoms with E-state index < -0.39 is 5.82 Å². The Bertz CT molecular complexity index is 594. The third kappa shape index (κ3) is 3.55. The van der Waals surface area contributed by atoms with Crippen LogP contribution >= 0.6 is 0 Å². The fraction of sp³-hybridized carbons (Fsp3) is 0.133. The molecule has 2 N–H and O–H groups in total. The standard InChI is InChI=1S/C15H14FNO2/c1-10-2-7-13(16)14(8-10)17-15(19)9-11-3-5-12(18)6-4-11/h2-8,18H,9H2,1H3,(H,17,19). The maximum absolute atomic E-state index is 13.5. The molecule has 0 saturated heterocycles. The number of benzene rings is 2. The summed E-state index contributed by atoms with van der Waals surface area (Å²) in [6.45, 7) is 1.83. The Morgan fingerprint density at radius 1 is 1.21 bits per heavy atom. The molecule has 0 aliphatic carbocycles. The smallest absolute Gasteiger partial charge is 0.228 e. The molecule has 2 aromatic carbocycles. The lowest BCUT2D eigenvalue weighted by atomic mass is 10.1. The number of halogens is 1. The van der Waals surface area contributed by atoms with Crippen LogP contribution in [0.1, 0.15) is 11.1 Å². The van der Waals surface area contributed by atoms with Crippen molar-refractivity contribution in [2.24, 2.45) is 0 Å². The predicted molar refractivity (Wildman–Crippen MR) is 71.6 cm³/mol. The summed E-state index contributed by atoms with van der Waals surface area (Å²) in [5.41, 5.74) is 1.81. The molecule has 0 heterocycles. The third-order valence-corrected chi connectivity index (χ3v) is 2.70. The van der Waals surface area contributed by atoms with Crippen LogP contribution in [0.2, 0.25) is 0 Å². The number of hydrogen-bond donors (Lipinski definition) is 2. The highest BCUT2D eigenvalue weighted by Crippen LogP contribution is 2.16. The molecule has 19 heavy (non-hydrogen) atoms. The van der Waals surface area contributed by atoms with Crippen LogP contribution in [0.15, 0.2) is 42.5 Å². The van der Waals surface area contributed by atoms with Gasteiger partial charge in [0.25, 0.3) is 0 Å². The van der Waals surface area contributed by atoms with Gasteiger partial charge in [-0.25, -0.2) is 4.39 Å². The van der Waals surface area contributed by atoms with Crippen LogP contribution in [0.4, 0.5) is 10.1 Å². The first kappa shape index (κ1) is 13.1. The molecule has 0 aromatic heterocycles. The second kappa shape index (κ2) is 5.52. The summed E-state index contributed by atoms with van der Waals surface area (Å²) in [5.74, 6) is -0.603. The number of rotatable bonds is 3. The largest absolute Gasteiger partial charge is 0.508 e. The van der Waals surface area contributed by atoms with E-state index in [0.29, 0.717) is 0 Å². The number of phenolic OH excluding ortho intramolecular Hbond substituents is 1. The number of carbonyl (C=O) groups excluding carboxylic acids is 1. The van der Waals surface area contributed by atoms with Gasteiger partial charge in [-0.15, -0.1) is 0 Å². The van der Waals surface area contributed by atoms with Crippen LogP contribution in [-0.2, 0) is 11.2 Å². The van der Waals surface area contributed by atoms with Crippen LogP contribution in [-0.4, -0.2) is 11.0 Å². The Balaban J connectivity index is 2.05. The van der Waals surface area contributed by atoms with E-state index in [4.69, 9.17) is 5.11 Å². The molecule has 0 bridgehead atoms. The summed E-state index contributed by atoms with van der Waals surface area (Å²) in [7, 11) is 0. The predicted octanol–water partition coefficient (Wildman–Crippen LogP) is 3.02. The first-order valence-corrected chi connectivity index (χ1v) is 5.88. The molecular weight excluding hydrogens is 245 g/mol. The highest BCUT2D eigenvalue weighted by Gasteiger charge is 2.08. The molecular formula is C15H14FNO2. The minimum absolute atomic E-state index is 0.133. The second-order valence-electron chi connectivity index (χ2n) is 4.37. The van der Waals surface area contributed by atoms with Gasteiger partial charge in [0, 0.05) is 0 Å². The van der Waals surface area contributed by atoms with E-state index in [0.717, 1.165) is 11.1 Å². The summed E-state index contributed by atoms with van der Waals surface area (Å²) >= 11 is 0. The van der Waals surface area contributed by atoms with Crippen molar-refractivity contribution in [3.63, 3.8) is 0 Å². The number of carbonyl (C=O) groups is 1. The molecule has 2 rings (SSSR count). The maximum Gasteiger partial charge on any atom is 0.228 e. The Kier molecular flexibility index (Phi) is 3.80. The van der Waals surface area contributed by atoms with Crippen molar-refractivity contribution >= 4 is 11.6 Å². The topological polar surface area (TPSA) is 49.3 Å². The van der Waals surface area contributed by atoms with E-state index >= 15 is 0 Å². The molecule has 0 aliphatic heterocycles. The van der Waals surface area contributed by atoms with Crippen LogP contribution in [0.5, 0.6) is 5.75 Å². The normalized spacial score (nSPS) is 10.2. The maximum atomic E-state index is 13.5. The van der Waals surface area contributed by atoms with Crippen LogP contribution in [0.25, 0.3) is 0 Å². The van der Waals surface area contributed by atoms with Crippen LogP contribution < -0.4 is 5.32 Å². The van der Waals surface area contributed by atoms with Crippen molar-refractivity contribution in [2.45, 2.75) is 13.3 Å². The van der Waals surface area contributed by atoms with Gasteiger partial charge in [0.1, 0.15) is 11.6 Å². The van der Waals surface area contributed by atoms with Gasteiger partial charge in [-0.3, -0.25) is 4.79 Å². The number of amides is 1. The first-order valence-electron chi connectivity index (χ1n) is 5.88. The molecule has 2 aromatic rings. The van der Waals surface area contributed by atoms with E-state index in [2.05, 4.69) is 5.32 Å². The molecule has 1 amide bonds. The summed E-state index contributed by atoms with van der Waals surface area (Å²) in [5, 5.41) is 11.7. The molecule has 3 nitrogen and oxygen atoms in total. The SMILES string of the molecule is Cc1ccc(F)c(NC(=O)Cc2ccc(O)cc2)c1. The molecule has 0 aliphatic rings. The van der Waals surface area contributed by atoms with E-state index in [9.17, 15) is 9.18 Å². The lowest BCUT2D eigenvalue weighted by Crippen LogP contribution is -2.15. The molecule has 98 valence electrons. The molecule has 0 unspecified atom stereocenters. The average molecular weight is 259 g/mol. The Morgan fingerprint density at radius 2 is 1.89 bits per heavy atom. The van der Waals surface area contributed by atoms with Crippen molar-refractivity contribution in [3.8, 4) is 5.75 Å². The first-order chi connectivity index (χ1) is 9.04. The Morgan fingerprint density at radius 3 is 2.58 bits per heavy atom. The number of anilines is 1. The Labute approximate surface area is 110 Å². The molecule has 0 saturated carbocycles. The highest BCUT2D eigenvalue weighted by atomic mass is 19.1. The molecule has 0 radical (unpaired) electrons. The van der Waals surface area contributed by atoms with Gasteiger partial charge < -0.3 is 10.4 Å². The summed E-state index contributed by atoms with van der Waals surface area (Å²) in [6.07, 6.45) is 0.133. The molecule has 4 heteroatoms. The minimum Gasteiger partial charge on any atom is -0.508 e. The highest BCUT2D eigenvalue weighted by molar-refractivity contribution is 5.92. The summed E-state index contributed by atoms with van der Waals surface area (Å²) in [6, 6.07) is 10.9. The monoisotopic (exact) mass is 259 g/mol. The Hall–Kier alpha value is -2.36. The number of aromatic hydroxyl groups is 1.